The summed E-state index contributed by atoms with van der Waals surface area (Å²) in [5, 5.41) is 20.2. The Bertz CT molecular complexity index is 637. The molecule has 0 atom stereocenters. The van der Waals surface area contributed by atoms with Gasteiger partial charge >= 0.3 is 0 Å². The maximum atomic E-state index is 13.9. The fraction of sp³-hybridized carbons (Fsp3) is 0.267. The number of halogens is 1. The quantitative estimate of drug-likeness (QED) is 0.626. The van der Waals surface area contributed by atoms with Crippen LogP contribution in [0.3, 0.4) is 0 Å². The zero-order chi connectivity index (χ0) is 15.9. The maximum absolute atomic E-state index is 13.9. The standard InChI is InChI=1S/C15H16FN3O3/c16-14-4-1-5-15(19(21)22)13(14)11-18(7-8-20)10-12-3-2-6-17-9-12/h1-6,9,20H,7-8,10-11H2. The van der Waals surface area contributed by atoms with Crippen molar-refractivity contribution in [3.8, 4) is 0 Å². The highest BCUT2D eigenvalue weighted by Crippen LogP contribution is 2.23. The van der Waals surface area contributed by atoms with Gasteiger partial charge in [0.05, 0.1) is 17.1 Å². The van der Waals surface area contributed by atoms with Crippen LogP contribution in [0, 0.1) is 15.9 Å². The van der Waals surface area contributed by atoms with E-state index in [2.05, 4.69) is 4.98 Å². The first-order valence-corrected chi connectivity index (χ1v) is 6.75. The Labute approximate surface area is 127 Å². The summed E-state index contributed by atoms with van der Waals surface area (Å²) in [5.74, 6) is -0.622. The van der Waals surface area contributed by atoms with Crippen molar-refractivity contribution in [2.75, 3.05) is 13.2 Å². The molecule has 1 aromatic heterocycles. The number of rotatable bonds is 7. The van der Waals surface area contributed by atoms with E-state index >= 15 is 0 Å². The van der Waals surface area contributed by atoms with Crippen LogP contribution in [0.25, 0.3) is 0 Å². The van der Waals surface area contributed by atoms with E-state index in [1.54, 1.807) is 23.4 Å². The number of nitro benzene ring substituents is 1. The molecule has 0 bridgehead atoms. The monoisotopic (exact) mass is 305 g/mol. The lowest BCUT2D eigenvalue weighted by atomic mass is 10.1. The number of aliphatic hydroxyl groups excluding tert-OH is 1. The molecule has 0 aliphatic rings. The van der Waals surface area contributed by atoms with Crippen LogP contribution in [-0.4, -0.2) is 33.1 Å². The Morgan fingerprint density at radius 1 is 1.27 bits per heavy atom. The van der Waals surface area contributed by atoms with Gasteiger partial charge in [0.1, 0.15) is 5.82 Å². The smallest absolute Gasteiger partial charge is 0.276 e. The Balaban J connectivity index is 2.23. The van der Waals surface area contributed by atoms with E-state index in [-0.39, 0.29) is 30.9 Å². The van der Waals surface area contributed by atoms with Crippen LogP contribution in [0.2, 0.25) is 0 Å². The van der Waals surface area contributed by atoms with Gasteiger partial charge in [0.25, 0.3) is 5.69 Å². The van der Waals surface area contributed by atoms with Crippen LogP contribution in [0.1, 0.15) is 11.1 Å². The number of nitro groups is 1. The number of aliphatic hydroxyl groups is 1. The molecule has 0 fully saturated rings. The van der Waals surface area contributed by atoms with E-state index in [4.69, 9.17) is 5.11 Å². The van der Waals surface area contributed by atoms with Crippen molar-refractivity contribution in [3.63, 3.8) is 0 Å². The van der Waals surface area contributed by atoms with E-state index in [1.807, 2.05) is 6.07 Å². The number of hydrogen-bond acceptors (Lipinski definition) is 5. The fourth-order valence-electron chi connectivity index (χ4n) is 2.20. The largest absolute Gasteiger partial charge is 0.395 e. The first-order valence-electron chi connectivity index (χ1n) is 6.75. The van der Waals surface area contributed by atoms with Crippen molar-refractivity contribution in [2.24, 2.45) is 0 Å². The molecule has 1 heterocycles. The molecule has 2 aromatic rings. The lowest BCUT2D eigenvalue weighted by molar-refractivity contribution is -0.386. The summed E-state index contributed by atoms with van der Waals surface area (Å²) in [7, 11) is 0. The van der Waals surface area contributed by atoms with E-state index in [0.717, 1.165) is 5.56 Å². The van der Waals surface area contributed by atoms with Gasteiger partial charge in [-0.2, -0.15) is 0 Å². The van der Waals surface area contributed by atoms with Crippen molar-refractivity contribution >= 4 is 5.69 Å². The van der Waals surface area contributed by atoms with Crippen LogP contribution in [0.5, 0.6) is 0 Å². The lowest BCUT2D eigenvalue weighted by Gasteiger charge is -2.21. The lowest BCUT2D eigenvalue weighted by Crippen LogP contribution is -2.27. The minimum absolute atomic E-state index is 0.0184. The molecule has 0 saturated heterocycles. The molecule has 22 heavy (non-hydrogen) atoms. The summed E-state index contributed by atoms with van der Waals surface area (Å²) in [6.45, 7) is 0.612. The number of pyridine rings is 1. The van der Waals surface area contributed by atoms with Crippen LogP contribution >= 0.6 is 0 Å². The van der Waals surface area contributed by atoms with Crippen molar-refractivity contribution in [1.29, 1.82) is 0 Å². The molecule has 0 unspecified atom stereocenters. The normalized spacial score (nSPS) is 10.9. The summed E-state index contributed by atoms with van der Waals surface area (Å²) >= 11 is 0. The van der Waals surface area contributed by atoms with E-state index < -0.39 is 10.7 Å². The van der Waals surface area contributed by atoms with Gasteiger partial charge in [-0.25, -0.2) is 4.39 Å². The van der Waals surface area contributed by atoms with Crippen molar-refractivity contribution in [1.82, 2.24) is 9.88 Å². The first-order chi connectivity index (χ1) is 10.6. The number of nitrogens with zero attached hydrogens (tertiary/aromatic N) is 3. The van der Waals surface area contributed by atoms with Crippen LogP contribution in [0.15, 0.2) is 42.7 Å². The first kappa shape index (κ1) is 16.0. The average molecular weight is 305 g/mol. The maximum Gasteiger partial charge on any atom is 0.276 e. The molecular formula is C15H16FN3O3. The summed E-state index contributed by atoms with van der Waals surface area (Å²) < 4.78 is 13.9. The fourth-order valence-corrected chi connectivity index (χ4v) is 2.20. The number of aromatic nitrogens is 1. The molecule has 1 aromatic carbocycles. The topological polar surface area (TPSA) is 79.5 Å². The molecule has 2 rings (SSSR count). The highest BCUT2D eigenvalue weighted by Gasteiger charge is 2.20. The van der Waals surface area contributed by atoms with Crippen LogP contribution < -0.4 is 0 Å². The van der Waals surface area contributed by atoms with Gasteiger partial charge in [-0.1, -0.05) is 12.1 Å². The van der Waals surface area contributed by atoms with Gasteiger partial charge in [-0.3, -0.25) is 20.0 Å². The van der Waals surface area contributed by atoms with Gasteiger partial charge < -0.3 is 5.11 Å². The highest BCUT2D eigenvalue weighted by molar-refractivity contribution is 5.40. The predicted molar refractivity (Wildman–Crippen MR) is 78.5 cm³/mol. The minimum Gasteiger partial charge on any atom is -0.395 e. The van der Waals surface area contributed by atoms with Crippen molar-refractivity contribution < 1.29 is 14.4 Å². The molecule has 0 radical (unpaired) electrons. The number of hydrogen-bond donors (Lipinski definition) is 1. The third kappa shape index (κ3) is 4.06. The average Bonchev–Trinajstić information content (AvgIpc) is 2.50. The van der Waals surface area contributed by atoms with Gasteiger partial charge in [-0.15, -0.1) is 0 Å². The zero-order valence-electron chi connectivity index (χ0n) is 11.9. The second kappa shape index (κ2) is 7.58. The molecular weight excluding hydrogens is 289 g/mol. The molecule has 0 aliphatic heterocycles. The van der Waals surface area contributed by atoms with Crippen molar-refractivity contribution in [3.05, 3.63) is 69.8 Å². The van der Waals surface area contributed by atoms with Crippen molar-refractivity contribution in [2.45, 2.75) is 13.1 Å². The zero-order valence-corrected chi connectivity index (χ0v) is 11.9. The second-order valence-electron chi connectivity index (χ2n) is 4.79. The third-order valence-corrected chi connectivity index (χ3v) is 3.22. The molecule has 0 aliphatic carbocycles. The SMILES string of the molecule is O=[N+]([O-])c1cccc(F)c1CN(CCO)Cc1cccnc1. The summed E-state index contributed by atoms with van der Waals surface area (Å²) in [4.78, 5) is 16.2. The summed E-state index contributed by atoms with van der Waals surface area (Å²) in [5.41, 5.74) is 0.647. The Morgan fingerprint density at radius 3 is 2.73 bits per heavy atom. The molecule has 0 amide bonds. The molecule has 6 nitrogen and oxygen atoms in total. The molecule has 1 N–H and O–H groups in total. The van der Waals surface area contributed by atoms with Gasteiger partial charge in [-0.05, 0) is 17.7 Å². The second-order valence-corrected chi connectivity index (χ2v) is 4.79. The number of benzene rings is 1. The van der Waals surface area contributed by atoms with E-state index in [0.29, 0.717) is 6.54 Å². The molecule has 0 spiro atoms. The predicted octanol–water partition coefficient (Wildman–Crippen LogP) is 2.12. The molecule has 0 saturated carbocycles. The Hall–Kier alpha value is -2.38. The van der Waals surface area contributed by atoms with Crippen LogP contribution in [0.4, 0.5) is 10.1 Å². The Kier molecular flexibility index (Phi) is 5.51. The summed E-state index contributed by atoms with van der Waals surface area (Å²) in [6, 6.07) is 7.42. The van der Waals surface area contributed by atoms with E-state index in [1.165, 1.54) is 18.2 Å². The van der Waals surface area contributed by atoms with E-state index in [9.17, 15) is 14.5 Å². The Morgan fingerprint density at radius 2 is 2.09 bits per heavy atom. The van der Waals surface area contributed by atoms with Gasteiger partial charge in [0, 0.05) is 38.1 Å². The molecule has 7 heteroatoms. The summed E-state index contributed by atoms with van der Waals surface area (Å²) in [6.07, 6.45) is 3.31. The third-order valence-electron chi connectivity index (χ3n) is 3.22. The van der Waals surface area contributed by atoms with Gasteiger partial charge in [0.15, 0.2) is 0 Å². The molecule has 116 valence electrons. The van der Waals surface area contributed by atoms with Gasteiger partial charge in [0.2, 0.25) is 0 Å². The van der Waals surface area contributed by atoms with Crippen LogP contribution in [-0.2, 0) is 13.1 Å². The minimum atomic E-state index is -0.622. The highest BCUT2D eigenvalue weighted by atomic mass is 19.1.